The second-order valence-electron chi connectivity index (χ2n) is 7.19. The van der Waals surface area contributed by atoms with Crippen LogP contribution in [-0.2, 0) is 11.3 Å². The minimum Gasteiger partial charge on any atom is -0.357 e. The van der Waals surface area contributed by atoms with Crippen LogP contribution in [0.5, 0.6) is 0 Å². The van der Waals surface area contributed by atoms with E-state index in [1.807, 2.05) is 61.8 Å². The van der Waals surface area contributed by atoms with Crippen LogP contribution in [0.4, 0.5) is 0 Å². The lowest BCUT2D eigenvalue weighted by atomic mass is 10.1. The highest BCUT2D eigenvalue weighted by atomic mass is 16.2. The molecule has 2 N–H and O–H groups in total. The Kier molecular flexibility index (Phi) is 8.96. The molecule has 7 heteroatoms. The van der Waals surface area contributed by atoms with Crippen molar-refractivity contribution in [1.82, 2.24) is 20.4 Å². The number of hydrogen-bond acceptors (Lipinski definition) is 3. The predicted molar refractivity (Wildman–Crippen MR) is 117 cm³/mol. The van der Waals surface area contributed by atoms with Gasteiger partial charge in [0.25, 0.3) is 5.91 Å². The summed E-state index contributed by atoms with van der Waals surface area (Å²) in [6.45, 7) is 12.1. The number of hydrogen-bond donors (Lipinski definition) is 2. The average Bonchev–Trinajstić information content (AvgIpc) is 3.21. The van der Waals surface area contributed by atoms with Gasteiger partial charge in [-0.25, -0.2) is 4.99 Å². The van der Waals surface area contributed by atoms with Crippen LogP contribution in [-0.4, -0.2) is 66.3 Å². The standard InChI is InChI=1S/C22H35N5O2/c1-5-20(28)27-14-13-19(16-27)25-22(23-6-2)24-15-17-9-11-18(12-10-17)21(29)26(7-3)8-4/h9-12,19H,5-8,13-16H2,1-4H3,(H2,23,24,25). The van der Waals surface area contributed by atoms with E-state index in [1.54, 1.807) is 0 Å². The van der Waals surface area contributed by atoms with E-state index in [4.69, 9.17) is 0 Å². The molecule has 29 heavy (non-hydrogen) atoms. The minimum atomic E-state index is 0.0625. The molecule has 0 aromatic heterocycles. The van der Waals surface area contributed by atoms with Crippen LogP contribution in [0.15, 0.2) is 29.3 Å². The molecular formula is C22H35N5O2. The minimum absolute atomic E-state index is 0.0625. The zero-order chi connectivity index (χ0) is 21.2. The van der Waals surface area contributed by atoms with E-state index in [1.165, 1.54) is 0 Å². The molecule has 0 saturated carbocycles. The molecule has 1 saturated heterocycles. The monoisotopic (exact) mass is 401 g/mol. The molecule has 0 radical (unpaired) electrons. The van der Waals surface area contributed by atoms with Crippen LogP contribution in [0.3, 0.4) is 0 Å². The summed E-state index contributed by atoms with van der Waals surface area (Å²) in [5, 5.41) is 6.71. The van der Waals surface area contributed by atoms with E-state index in [0.717, 1.165) is 37.6 Å². The first-order valence-electron chi connectivity index (χ1n) is 10.7. The first-order valence-corrected chi connectivity index (χ1v) is 10.7. The molecule has 1 aromatic rings. The highest BCUT2D eigenvalue weighted by molar-refractivity contribution is 5.94. The van der Waals surface area contributed by atoms with E-state index in [9.17, 15) is 9.59 Å². The second kappa shape index (κ2) is 11.4. The van der Waals surface area contributed by atoms with Crippen molar-refractivity contribution in [3.63, 3.8) is 0 Å². The van der Waals surface area contributed by atoms with Crippen LogP contribution in [0.2, 0.25) is 0 Å². The van der Waals surface area contributed by atoms with Crippen molar-refractivity contribution in [2.45, 2.75) is 53.1 Å². The Morgan fingerprint density at radius 2 is 1.83 bits per heavy atom. The third-order valence-electron chi connectivity index (χ3n) is 5.20. The molecule has 160 valence electrons. The predicted octanol–water partition coefficient (Wildman–Crippen LogP) is 2.23. The molecule has 1 heterocycles. The highest BCUT2D eigenvalue weighted by Gasteiger charge is 2.25. The summed E-state index contributed by atoms with van der Waals surface area (Å²) in [7, 11) is 0. The molecule has 7 nitrogen and oxygen atoms in total. The fraction of sp³-hybridized carbons (Fsp3) is 0.591. The topological polar surface area (TPSA) is 77.0 Å². The van der Waals surface area contributed by atoms with Crippen LogP contribution < -0.4 is 10.6 Å². The summed E-state index contributed by atoms with van der Waals surface area (Å²) in [6.07, 6.45) is 1.48. The summed E-state index contributed by atoms with van der Waals surface area (Å²) in [5.41, 5.74) is 1.76. The Labute approximate surface area is 174 Å². The summed E-state index contributed by atoms with van der Waals surface area (Å²) in [6, 6.07) is 7.88. The Bertz CT molecular complexity index is 698. The summed E-state index contributed by atoms with van der Waals surface area (Å²) >= 11 is 0. The molecule has 1 aromatic carbocycles. The van der Waals surface area contributed by atoms with Gasteiger partial charge in [0.2, 0.25) is 5.91 Å². The molecule has 0 aliphatic carbocycles. The van der Waals surface area contributed by atoms with Crippen molar-refractivity contribution in [2.24, 2.45) is 4.99 Å². The number of aliphatic imine (C=N–C) groups is 1. The Hall–Kier alpha value is -2.57. The van der Waals surface area contributed by atoms with Crippen molar-refractivity contribution in [3.8, 4) is 0 Å². The molecule has 1 fully saturated rings. The first kappa shape index (κ1) is 22.7. The van der Waals surface area contributed by atoms with Crippen molar-refractivity contribution in [1.29, 1.82) is 0 Å². The lowest BCUT2D eigenvalue weighted by Crippen LogP contribution is -2.45. The molecule has 1 aliphatic heterocycles. The molecule has 2 amide bonds. The number of carbonyl (C=O) groups excluding carboxylic acids is 2. The third-order valence-corrected chi connectivity index (χ3v) is 5.20. The number of amides is 2. The largest absolute Gasteiger partial charge is 0.357 e. The number of nitrogens with one attached hydrogen (secondary N) is 2. The highest BCUT2D eigenvalue weighted by Crippen LogP contribution is 2.11. The molecule has 1 aliphatic rings. The van der Waals surface area contributed by atoms with Gasteiger partial charge in [0.05, 0.1) is 6.54 Å². The number of rotatable bonds is 8. The maximum absolute atomic E-state index is 12.4. The van der Waals surface area contributed by atoms with Gasteiger partial charge in [-0.3, -0.25) is 9.59 Å². The lowest BCUT2D eigenvalue weighted by molar-refractivity contribution is -0.129. The Morgan fingerprint density at radius 3 is 2.41 bits per heavy atom. The molecule has 1 atom stereocenters. The van der Waals surface area contributed by atoms with Crippen LogP contribution in [0, 0.1) is 0 Å². The van der Waals surface area contributed by atoms with Gasteiger partial charge in [0.15, 0.2) is 5.96 Å². The van der Waals surface area contributed by atoms with Gasteiger partial charge in [-0.05, 0) is 44.9 Å². The van der Waals surface area contributed by atoms with Crippen molar-refractivity contribution >= 4 is 17.8 Å². The number of guanidine groups is 1. The average molecular weight is 402 g/mol. The van der Waals surface area contributed by atoms with Gasteiger partial charge < -0.3 is 20.4 Å². The number of benzene rings is 1. The quantitative estimate of drug-likeness (QED) is 0.517. The van der Waals surface area contributed by atoms with Gasteiger partial charge in [0.1, 0.15) is 0 Å². The molecule has 0 bridgehead atoms. The van der Waals surface area contributed by atoms with Crippen LogP contribution >= 0.6 is 0 Å². The number of carbonyl (C=O) groups is 2. The smallest absolute Gasteiger partial charge is 0.253 e. The van der Waals surface area contributed by atoms with E-state index in [2.05, 4.69) is 15.6 Å². The van der Waals surface area contributed by atoms with Gasteiger partial charge >= 0.3 is 0 Å². The van der Waals surface area contributed by atoms with Gasteiger partial charge in [-0.15, -0.1) is 0 Å². The first-order chi connectivity index (χ1) is 14.0. The third kappa shape index (κ3) is 6.48. The van der Waals surface area contributed by atoms with Gasteiger partial charge in [-0.1, -0.05) is 19.1 Å². The fourth-order valence-electron chi connectivity index (χ4n) is 3.46. The zero-order valence-electron chi connectivity index (χ0n) is 18.2. The number of likely N-dealkylation sites (tertiary alicyclic amines) is 1. The normalized spacial score (nSPS) is 16.6. The second-order valence-corrected chi connectivity index (χ2v) is 7.19. The maximum Gasteiger partial charge on any atom is 0.253 e. The van der Waals surface area contributed by atoms with Crippen molar-refractivity contribution in [2.75, 3.05) is 32.7 Å². The number of nitrogens with zero attached hydrogens (tertiary/aromatic N) is 3. The molecule has 2 rings (SSSR count). The Morgan fingerprint density at radius 1 is 1.14 bits per heavy atom. The SMILES string of the molecule is CCNC(=NCc1ccc(C(=O)N(CC)CC)cc1)NC1CCN(C(=O)CC)C1. The maximum atomic E-state index is 12.4. The van der Waals surface area contributed by atoms with Crippen LogP contribution in [0.25, 0.3) is 0 Å². The summed E-state index contributed by atoms with van der Waals surface area (Å²) in [5.74, 6) is 1.02. The summed E-state index contributed by atoms with van der Waals surface area (Å²) < 4.78 is 0. The fourth-order valence-corrected chi connectivity index (χ4v) is 3.46. The lowest BCUT2D eigenvalue weighted by Gasteiger charge is -2.19. The molecule has 0 spiro atoms. The molecule has 1 unspecified atom stereocenters. The van der Waals surface area contributed by atoms with Crippen LogP contribution in [0.1, 0.15) is 56.5 Å². The molecular weight excluding hydrogens is 366 g/mol. The zero-order valence-corrected chi connectivity index (χ0v) is 18.2. The van der Waals surface area contributed by atoms with Gasteiger partial charge in [0, 0.05) is 50.7 Å². The van der Waals surface area contributed by atoms with Crippen molar-refractivity contribution < 1.29 is 9.59 Å². The summed E-state index contributed by atoms with van der Waals surface area (Å²) in [4.78, 5) is 32.7. The Balaban J connectivity index is 1.96. The van der Waals surface area contributed by atoms with Crippen molar-refractivity contribution in [3.05, 3.63) is 35.4 Å². The van der Waals surface area contributed by atoms with Gasteiger partial charge in [-0.2, -0.15) is 0 Å². The van der Waals surface area contributed by atoms with E-state index in [-0.39, 0.29) is 17.9 Å². The van der Waals surface area contributed by atoms with E-state index in [0.29, 0.717) is 31.6 Å². The van der Waals surface area contributed by atoms with E-state index < -0.39 is 0 Å². The van der Waals surface area contributed by atoms with E-state index >= 15 is 0 Å².